The molecule has 0 radical (unpaired) electrons. The number of phenols is 4. The second-order valence-corrected chi connectivity index (χ2v) is 31.6. The van der Waals surface area contributed by atoms with Crippen LogP contribution in [0, 0.1) is 5.92 Å². The minimum Gasteiger partial charge on any atom is -0.508 e. The molecule has 8 heterocycles. The van der Waals surface area contributed by atoms with Gasteiger partial charge in [0.25, 0.3) is 0 Å². The lowest BCUT2D eigenvalue weighted by molar-refractivity contribution is -0.277. The fourth-order valence-electron chi connectivity index (χ4n) is 15.3. The predicted octanol–water partition coefficient (Wildman–Crippen LogP) is 4.27. The molecule has 123 heavy (non-hydrogen) atoms. The third kappa shape index (κ3) is 19.3. The number of carboxylic acids is 1. The number of esters is 1. The summed E-state index contributed by atoms with van der Waals surface area (Å²) < 4.78 is 49.4. The van der Waals surface area contributed by atoms with Gasteiger partial charge in [-0.05, 0) is 120 Å². The van der Waals surface area contributed by atoms with Crippen LogP contribution in [-0.4, -0.2) is 209 Å². The Hall–Kier alpha value is -11.9. The van der Waals surface area contributed by atoms with Crippen molar-refractivity contribution in [3.05, 3.63) is 164 Å². The number of amides is 7. The number of ether oxygens (including phenoxy) is 8. The first kappa shape index (κ1) is 88.9. The molecule has 2 saturated heterocycles. The van der Waals surface area contributed by atoms with E-state index in [-0.39, 0.29) is 34.8 Å². The molecule has 2 fully saturated rings. The van der Waals surface area contributed by atoms with E-state index < -0.39 is 271 Å². The van der Waals surface area contributed by atoms with E-state index in [1.807, 2.05) is 0 Å². The van der Waals surface area contributed by atoms with Crippen LogP contribution in [0.3, 0.4) is 0 Å². The number of carbonyl (C=O) groups is 9. The summed E-state index contributed by atoms with van der Waals surface area (Å²) in [4.78, 5) is 137. The number of aliphatic carboxylic acids is 1. The average Bonchev–Trinajstić information content (AvgIpc) is 0.759. The zero-order valence-corrected chi connectivity index (χ0v) is 67.6. The maximum absolute atomic E-state index is 16.7. The summed E-state index contributed by atoms with van der Waals surface area (Å²) in [6, 6.07) is 4.80. The fourth-order valence-corrected chi connectivity index (χ4v) is 15.7. The van der Waals surface area contributed by atoms with Crippen LogP contribution in [0.4, 0.5) is 0 Å². The second kappa shape index (κ2) is 37.9. The first-order valence-electron chi connectivity index (χ1n) is 39.3. The number of aliphatic hydroxyl groups is 7. The summed E-state index contributed by atoms with van der Waals surface area (Å²) in [5.41, 5.74) is -3.19. The zero-order valence-electron chi connectivity index (χ0n) is 66.1. The summed E-state index contributed by atoms with van der Waals surface area (Å²) in [5.74, 6) is -18.1. The molecule has 0 unspecified atom stereocenters. The van der Waals surface area contributed by atoms with Crippen molar-refractivity contribution in [3.63, 3.8) is 0 Å². The van der Waals surface area contributed by atoms with Gasteiger partial charge in [0.15, 0.2) is 35.1 Å². The molecule has 7 aromatic carbocycles. The van der Waals surface area contributed by atoms with Gasteiger partial charge in [-0.2, -0.15) is 0 Å². The maximum Gasteiger partial charge on any atom is 0.337 e. The second-order valence-electron chi connectivity index (χ2n) is 30.8. The van der Waals surface area contributed by atoms with Crippen LogP contribution in [0.2, 0.25) is 10.0 Å². The number of halogens is 2. The van der Waals surface area contributed by atoms with E-state index in [1.165, 1.54) is 49.5 Å². The number of fused-ring (bicyclic) bond motifs is 14. The van der Waals surface area contributed by atoms with Gasteiger partial charge in [0.05, 0.1) is 23.8 Å². The number of unbranched alkanes of at least 4 members (excludes halogenated alkanes) is 5. The fraction of sp³-hybridized carbons (Fsp3) is 0.393. The standard InChI is InChI=1S/C84H90Cl2N8O29/c1-34(2)11-9-7-5-6-8-10-12-57(100)89-66-69(103)71(105)74(82(115)116-4)123-83(66)122-73-54-27-39-28-55(73)119-51-22-17-38(25-46(51)85)67(101)65-80(112)93-64(81(113)114)44-29-40(96)30-53(120-84-72(106)70(104)68(102)56(33-95)121-84)58(44)43-24-36(15-20-48(43)97)61(77(109)94-65)90-78(110)62(39)91-79(111)63-45-31-42(32-50(99)59(45)86)118-52-26-37(16-21-49(52)98)60(87-3)76(108)88-47(75(107)92-63)23-35-13-18-41(117-54)19-14-35/h13-22,24-32,34,47,56,60-72,74,83-84,87,95-99,101-106H,5-12,23,33H2,1-4H3,(H,88,108)(H,89,100)(H,90,110)(H,91,111)(H,92,107)(H,93,112)(H,94,109)(H,113,114)/t47-,56-,60-,61-,62-,63+,64+,65+,66-,67-,68-,69-,70+,71+,72+,74+,83-,84+/m1/s1. The third-order valence-electron chi connectivity index (χ3n) is 21.8. The van der Waals surface area contributed by atoms with E-state index in [4.69, 9.17) is 61.1 Å². The van der Waals surface area contributed by atoms with Gasteiger partial charge in [0, 0.05) is 47.2 Å². The quantitative estimate of drug-likeness (QED) is 0.0421. The molecule has 37 nitrogen and oxygen atoms in total. The number of likely N-dealkylation sites (N-methyl/N-ethyl adjacent to an activating group) is 1. The zero-order chi connectivity index (χ0) is 88.3. The van der Waals surface area contributed by atoms with Crippen LogP contribution < -0.4 is 66.2 Å². The molecular formula is C84H90Cl2N8O29. The van der Waals surface area contributed by atoms with Gasteiger partial charge in [-0.15, -0.1) is 0 Å². The predicted molar refractivity (Wildman–Crippen MR) is 428 cm³/mol. The molecule has 15 rings (SSSR count). The normalized spacial score (nSPS) is 26.4. The molecule has 0 aliphatic carbocycles. The highest BCUT2D eigenvalue weighted by molar-refractivity contribution is 6.33. The van der Waals surface area contributed by atoms with Crippen molar-refractivity contribution in [1.82, 2.24) is 42.5 Å². The molecule has 8 aliphatic rings. The number of aromatic hydroxyl groups is 4. The first-order valence-corrected chi connectivity index (χ1v) is 40.1. The Kier molecular flexibility index (Phi) is 27.4. The summed E-state index contributed by atoms with van der Waals surface area (Å²) in [6.07, 6.45) is -15.7. The van der Waals surface area contributed by atoms with E-state index in [1.54, 1.807) is 0 Å². The minimum atomic E-state index is -2.45. The van der Waals surface area contributed by atoms with Crippen LogP contribution in [0.15, 0.2) is 115 Å². The third-order valence-corrected chi connectivity index (χ3v) is 22.5. The lowest BCUT2D eigenvalue weighted by atomic mass is 9.89. The van der Waals surface area contributed by atoms with Crippen LogP contribution in [0.25, 0.3) is 11.1 Å². The molecule has 39 heteroatoms. The number of carbonyl (C=O) groups excluding carboxylic acids is 8. The molecule has 0 spiro atoms. The summed E-state index contributed by atoms with van der Waals surface area (Å²) in [6.45, 7) is 3.28. The van der Waals surface area contributed by atoms with Gasteiger partial charge in [-0.3, -0.25) is 33.6 Å². The highest BCUT2D eigenvalue weighted by atomic mass is 35.5. The van der Waals surface area contributed by atoms with E-state index >= 15 is 24.0 Å². The van der Waals surface area contributed by atoms with E-state index in [0.717, 1.165) is 112 Å². The van der Waals surface area contributed by atoms with Crippen LogP contribution in [0.1, 0.15) is 140 Å². The van der Waals surface area contributed by atoms with Crippen molar-refractivity contribution in [2.24, 2.45) is 5.92 Å². The van der Waals surface area contributed by atoms with E-state index in [9.17, 15) is 80.5 Å². The van der Waals surface area contributed by atoms with Crippen LogP contribution in [0.5, 0.6) is 69.0 Å². The van der Waals surface area contributed by atoms with Crippen molar-refractivity contribution in [2.75, 3.05) is 20.8 Å². The Morgan fingerprint density at radius 3 is 1.89 bits per heavy atom. The number of aliphatic hydroxyl groups excluding tert-OH is 7. The maximum atomic E-state index is 16.7. The van der Waals surface area contributed by atoms with E-state index in [2.05, 4.69) is 56.4 Å². The molecule has 0 aromatic heterocycles. The number of nitrogens with one attached hydrogen (secondary N) is 8. The number of hydrogen-bond donors (Lipinski definition) is 20. The molecule has 7 aromatic rings. The molecule has 20 N–H and O–H groups in total. The Balaban J connectivity index is 1.04. The highest BCUT2D eigenvalue weighted by Crippen LogP contribution is 2.50. The Bertz CT molecular complexity index is 5220. The molecule has 0 saturated carbocycles. The van der Waals surface area contributed by atoms with E-state index in [0.29, 0.717) is 24.3 Å². The smallest absolute Gasteiger partial charge is 0.337 e. The van der Waals surface area contributed by atoms with Gasteiger partial charge < -0.3 is 142 Å². The number of rotatable bonds is 18. The Morgan fingerprint density at radius 1 is 0.553 bits per heavy atom. The SMILES string of the molecule is CN[C@H]1C(=O)N[C@@H]2Cc3ccc(cc3)Oc3cc4cc(c3O[C@@H]3O[C@H](C(=O)OC)[C@@H](O)[C@H](O)[C@H]3NC(=O)CCCCCCCCC(C)C)Oc3ccc(cc3Cl)[C@@H](O)[C@@H]3NC(=O)[C@H](NC(=O)[C@@H]4NC(=O)[C@@H](NC2=O)c2cc(cc(O)c2Cl)Oc2cc1ccc2O)c1ccc(O)c(c1)-c1c(O[C@H]2O[C@H](CO)[C@@H](O)[C@H](O)[C@@H]2O)cc(O)cc1[C@@H](C(=O)O)NC3=O. The summed E-state index contributed by atoms with van der Waals surface area (Å²) >= 11 is 14.2. The molecule has 654 valence electrons. The van der Waals surface area contributed by atoms with Crippen LogP contribution in [-0.2, 0) is 63.8 Å². The Labute approximate surface area is 710 Å². The van der Waals surface area contributed by atoms with Gasteiger partial charge in [-0.25, -0.2) is 9.59 Å². The topological polar surface area (TPSA) is 566 Å². The molecule has 7 amide bonds. The van der Waals surface area contributed by atoms with Crippen molar-refractivity contribution in [3.8, 4) is 80.1 Å². The Morgan fingerprint density at radius 2 is 1.20 bits per heavy atom. The molecule has 8 aliphatic heterocycles. The van der Waals surface area contributed by atoms with Crippen molar-refractivity contribution < 1.29 is 142 Å². The summed E-state index contributed by atoms with van der Waals surface area (Å²) in [7, 11) is 2.38. The molecule has 18 atom stereocenters. The van der Waals surface area contributed by atoms with Gasteiger partial charge in [0.2, 0.25) is 59.7 Å². The number of methoxy groups -OCH3 is 1. The van der Waals surface area contributed by atoms with Gasteiger partial charge in [-0.1, -0.05) is 106 Å². The number of phenolic OH excluding ortho intramolecular Hbond substituents is 4. The lowest BCUT2D eigenvalue weighted by Gasteiger charge is -2.41. The largest absolute Gasteiger partial charge is 0.508 e. The molecular weight excluding hydrogens is 1660 g/mol. The monoisotopic (exact) mass is 1740 g/mol. The number of carboxylic acid groups (broad SMARTS) is 1. The van der Waals surface area contributed by atoms with Crippen molar-refractivity contribution in [2.45, 2.75) is 181 Å². The number of hydrogen-bond acceptors (Lipinski definition) is 29. The first-order chi connectivity index (χ1) is 58.7. The number of benzene rings is 7. The lowest BCUT2D eigenvalue weighted by Crippen LogP contribution is -2.66. The van der Waals surface area contributed by atoms with Crippen molar-refractivity contribution in [1.29, 1.82) is 0 Å². The highest BCUT2D eigenvalue weighted by Gasteiger charge is 2.52. The summed E-state index contributed by atoms with van der Waals surface area (Å²) in [5, 5.41) is 157. The van der Waals surface area contributed by atoms with Gasteiger partial charge >= 0.3 is 11.9 Å². The minimum absolute atomic E-state index is 0.127. The molecule has 17 bridgehead atoms. The average molecular weight is 1750 g/mol. The van der Waals surface area contributed by atoms with Crippen LogP contribution >= 0.6 is 23.2 Å². The van der Waals surface area contributed by atoms with Crippen molar-refractivity contribution >= 4 is 76.5 Å². The van der Waals surface area contributed by atoms with Gasteiger partial charge in [0.1, 0.15) is 125 Å².